The molecular weight excluding hydrogens is 379 g/mol. The normalized spacial score (nSPS) is 19.9. The van der Waals surface area contributed by atoms with E-state index in [1.807, 2.05) is 6.92 Å². The number of aryl methyl sites for hydroxylation is 2. The number of hydrogen-bond acceptors (Lipinski definition) is 5. The van der Waals surface area contributed by atoms with Crippen molar-refractivity contribution < 1.29 is 22.8 Å². The van der Waals surface area contributed by atoms with E-state index in [9.17, 15) is 22.8 Å². The molecule has 0 saturated carbocycles. The van der Waals surface area contributed by atoms with Crippen LogP contribution in [0.4, 0.5) is 13.2 Å². The van der Waals surface area contributed by atoms with Crippen LogP contribution in [-0.4, -0.2) is 66.8 Å². The molecule has 0 bridgehead atoms. The van der Waals surface area contributed by atoms with Crippen LogP contribution < -0.4 is 5.32 Å². The second-order valence-electron chi connectivity index (χ2n) is 6.66. The number of carbonyl (C=O) groups is 2. The molecule has 1 fully saturated rings. The van der Waals surface area contributed by atoms with Crippen molar-refractivity contribution in [2.45, 2.75) is 25.6 Å². The van der Waals surface area contributed by atoms with Crippen LogP contribution in [0.5, 0.6) is 0 Å². The molecule has 2 atom stereocenters. The van der Waals surface area contributed by atoms with Gasteiger partial charge in [-0.05, 0) is 6.42 Å². The number of alkyl halides is 3. The number of rotatable bonds is 4. The third kappa shape index (κ3) is 3.58. The van der Waals surface area contributed by atoms with Crippen molar-refractivity contribution in [3.63, 3.8) is 0 Å². The summed E-state index contributed by atoms with van der Waals surface area (Å²) < 4.78 is 43.3. The lowest BCUT2D eigenvalue weighted by Gasteiger charge is -2.21. The molecule has 1 aliphatic heterocycles. The van der Waals surface area contributed by atoms with E-state index >= 15 is 0 Å². The summed E-state index contributed by atoms with van der Waals surface area (Å²) in [7, 11) is 3.13. The van der Waals surface area contributed by atoms with E-state index in [-0.39, 0.29) is 17.8 Å². The summed E-state index contributed by atoms with van der Waals surface area (Å²) in [6.07, 6.45) is -1.53. The molecule has 0 radical (unpaired) electrons. The fraction of sp³-hybridized carbons (Fsp3) is 0.562. The van der Waals surface area contributed by atoms with Gasteiger partial charge >= 0.3 is 6.18 Å². The van der Waals surface area contributed by atoms with E-state index in [1.165, 1.54) is 28.8 Å². The highest BCUT2D eigenvalue weighted by Crippen LogP contribution is 2.34. The SMILES string of the molecule is CCc1c(C(=O)N2C[C@@H](C(F)(F)F)[C@H](NC(=O)c3cnnn3C)C2)cnn1C. The van der Waals surface area contributed by atoms with Gasteiger partial charge in [0.1, 0.15) is 5.69 Å². The summed E-state index contributed by atoms with van der Waals surface area (Å²) in [5.74, 6) is -3.13. The number of amides is 2. The van der Waals surface area contributed by atoms with Crippen LogP contribution in [0, 0.1) is 5.92 Å². The van der Waals surface area contributed by atoms with Crippen LogP contribution in [0.1, 0.15) is 33.5 Å². The molecule has 0 spiro atoms. The fourth-order valence-electron chi connectivity index (χ4n) is 3.42. The minimum Gasteiger partial charge on any atom is -0.345 e. The Bertz CT molecular complexity index is 889. The molecule has 3 rings (SSSR count). The molecular formula is C16H20F3N7O2. The highest BCUT2D eigenvalue weighted by Gasteiger charge is 2.51. The Hall–Kier alpha value is -2.92. The van der Waals surface area contributed by atoms with E-state index < -0.39 is 36.5 Å². The number of nitrogens with zero attached hydrogens (tertiary/aromatic N) is 6. The number of likely N-dealkylation sites (tertiary alicyclic amines) is 1. The van der Waals surface area contributed by atoms with Crippen molar-refractivity contribution in [2.75, 3.05) is 13.1 Å². The molecule has 2 amide bonds. The lowest BCUT2D eigenvalue weighted by molar-refractivity contribution is -0.174. The van der Waals surface area contributed by atoms with Gasteiger partial charge in [-0.2, -0.15) is 18.3 Å². The number of nitrogens with one attached hydrogen (secondary N) is 1. The Morgan fingerprint density at radius 1 is 1.21 bits per heavy atom. The predicted molar refractivity (Wildman–Crippen MR) is 90.3 cm³/mol. The quantitative estimate of drug-likeness (QED) is 0.810. The third-order valence-electron chi connectivity index (χ3n) is 4.92. The van der Waals surface area contributed by atoms with Gasteiger partial charge in [-0.15, -0.1) is 5.10 Å². The first-order valence-corrected chi connectivity index (χ1v) is 8.65. The standard InChI is InChI=1S/C16H20F3N7O2/c1-4-12-9(5-21-24(12)2)15(28)26-7-10(16(17,18)19)11(8-26)22-14(27)13-6-20-23-25(13)3/h5-6,10-11H,4,7-8H2,1-3H3,(H,22,27)/t10-,11-/m1/s1. The maximum absolute atomic E-state index is 13.5. The fourth-order valence-corrected chi connectivity index (χ4v) is 3.42. The third-order valence-corrected chi connectivity index (χ3v) is 4.92. The Kier molecular flexibility index (Phi) is 5.13. The molecule has 152 valence electrons. The van der Waals surface area contributed by atoms with Crippen LogP contribution in [0.2, 0.25) is 0 Å². The van der Waals surface area contributed by atoms with Gasteiger partial charge in [0.25, 0.3) is 11.8 Å². The summed E-state index contributed by atoms with van der Waals surface area (Å²) in [5.41, 5.74) is 0.946. The van der Waals surface area contributed by atoms with Crippen molar-refractivity contribution in [2.24, 2.45) is 20.0 Å². The molecule has 1 aliphatic rings. The van der Waals surface area contributed by atoms with Gasteiger partial charge in [-0.25, -0.2) is 4.68 Å². The Morgan fingerprint density at radius 2 is 1.93 bits per heavy atom. The lowest BCUT2D eigenvalue weighted by Crippen LogP contribution is -2.45. The molecule has 0 aliphatic carbocycles. The van der Waals surface area contributed by atoms with E-state index in [4.69, 9.17) is 0 Å². The van der Waals surface area contributed by atoms with E-state index in [0.29, 0.717) is 12.1 Å². The van der Waals surface area contributed by atoms with Gasteiger partial charge in [0, 0.05) is 27.2 Å². The van der Waals surface area contributed by atoms with Crippen LogP contribution >= 0.6 is 0 Å². The average Bonchev–Trinajstić information content (AvgIpc) is 3.31. The maximum atomic E-state index is 13.5. The zero-order valence-corrected chi connectivity index (χ0v) is 15.6. The molecule has 9 nitrogen and oxygen atoms in total. The molecule has 1 saturated heterocycles. The molecule has 1 N–H and O–H groups in total. The highest BCUT2D eigenvalue weighted by molar-refractivity contribution is 5.96. The monoisotopic (exact) mass is 399 g/mol. The summed E-state index contributed by atoms with van der Waals surface area (Å²) in [6.45, 7) is 1.05. The van der Waals surface area contributed by atoms with E-state index in [1.54, 1.807) is 7.05 Å². The zero-order chi connectivity index (χ0) is 20.6. The van der Waals surface area contributed by atoms with Crippen molar-refractivity contribution in [1.82, 2.24) is 35.0 Å². The van der Waals surface area contributed by atoms with Crippen molar-refractivity contribution in [3.05, 3.63) is 29.3 Å². The van der Waals surface area contributed by atoms with Crippen LogP contribution in [0.15, 0.2) is 12.4 Å². The van der Waals surface area contributed by atoms with E-state index in [0.717, 1.165) is 4.90 Å². The summed E-state index contributed by atoms with van der Waals surface area (Å²) in [6, 6.07) is -1.27. The number of halogens is 3. The summed E-state index contributed by atoms with van der Waals surface area (Å²) in [4.78, 5) is 26.2. The topological polar surface area (TPSA) is 97.9 Å². The van der Waals surface area contributed by atoms with Gasteiger partial charge in [0.05, 0.1) is 35.6 Å². The Labute approximate surface area is 158 Å². The van der Waals surface area contributed by atoms with Crippen molar-refractivity contribution >= 4 is 11.8 Å². The molecule has 3 heterocycles. The predicted octanol–water partition coefficient (Wildman–Crippen LogP) is 0.544. The second kappa shape index (κ2) is 7.24. The lowest BCUT2D eigenvalue weighted by atomic mass is 10.0. The van der Waals surface area contributed by atoms with Gasteiger partial charge in [0.15, 0.2) is 0 Å². The highest BCUT2D eigenvalue weighted by atomic mass is 19.4. The first kappa shape index (κ1) is 19.8. The molecule has 0 unspecified atom stereocenters. The average molecular weight is 399 g/mol. The maximum Gasteiger partial charge on any atom is 0.395 e. The number of hydrogen-bond donors (Lipinski definition) is 1. The van der Waals surface area contributed by atoms with Crippen LogP contribution in [0.25, 0.3) is 0 Å². The first-order valence-electron chi connectivity index (χ1n) is 8.65. The zero-order valence-electron chi connectivity index (χ0n) is 15.6. The smallest absolute Gasteiger partial charge is 0.345 e. The molecule has 28 heavy (non-hydrogen) atoms. The molecule has 2 aromatic heterocycles. The van der Waals surface area contributed by atoms with Gasteiger partial charge in [-0.1, -0.05) is 12.1 Å². The minimum atomic E-state index is -4.57. The van der Waals surface area contributed by atoms with Crippen LogP contribution in [-0.2, 0) is 20.5 Å². The molecule has 12 heteroatoms. The first-order chi connectivity index (χ1) is 13.1. The van der Waals surface area contributed by atoms with Crippen LogP contribution in [0.3, 0.4) is 0 Å². The Morgan fingerprint density at radius 3 is 2.50 bits per heavy atom. The summed E-state index contributed by atoms with van der Waals surface area (Å²) >= 11 is 0. The molecule has 2 aromatic rings. The van der Waals surface area contributed by atoms with Gasteiger partial charge in [-0.3, -0.25) is 14.3 Å². The summed E-state index contributed by atoms with van der Waals surface area (Å²) in [5, 5.41) is 13.5. The number of aromatic nitrogens is 5. The second-order valence-corrected chi connectivity index (χ2v) is 6.66. The molecule has 0 aromatic carbocycles. The van der Waals surface area contributed by atoms with Gasteiger partial charge < -0.3 is 10.2 Å². The van der Waals surface area contributed by atoms with E-state index in [2.05, 4.69) is 20.7 Å². The van der Waals surface area contributed by atoms with Crippen molar-refractivity contribution in [3.8, 4) is 0 Å². The van der Waals surface area contributed by atoms with Crippen molar-refractivity contribution in [1.29, 1.82) is 0 Å². The van der Waals surface area contributed by atoms with Gasteiger partial charge in [0.2, 0.25) is 0 Å². The Balaban J connectivity index is 1.82. The largest absolute Gasteiger partial charge is 0.395 e. The number of carbonyl (C=O) groups excluding carboxylic acids is 2. The minimum absolute atomic E-state index is 0.0335.